The largest absolute Gasteiger partial charge is 0.310 e. The molecule has 1 aromatic carbocycles. The summed E-state index contributed by atoms with van der Waals surface area (Å²) in [7, 11) is -4.14. The quantitative estimate of drug-likeness (QED) is 0.691. The van der Waals surface area contributed by atoms with Crippen LogP contribution in [0.2, 0.25) is 0 Å². The number of nitrogens with one attached hydrogen (secondary N) is 1. The van der Waals surface area contributed by atoms with Gasteiger partial charge in [-0.1, -0.05) is 6.07 Å². The van der Waals surface area contributed by atoms with E-state index in [1.54, 1.807) is 12.4 Å². The monoisotopic (exact) mass is 415 g/mol. The number of sulfone groups is 1. The lowest BCUT2D eigenvalue weighted by Crippen LogP contribution is -2.15. The van der Waals surface area contributed by atoms with E-state index in [1.807, 2.05) is 12.1 Å². The fraction of sp³-hybridized carbons (Fsp3) is 0.150. The summed E-state index contributed by atoms with van der Waals surface area (Å²) in [6.45, 7) is 0. The first kappa shape index (κ1) is 19.1. The maximum Gasteiger partial charge on any atom is 0.229 e. The second kappa shape index (κ2) is 7.32. The molecule has 1 aliphatic carbocycles. The van der Waals surface area contributed by atoms with E-state index in [2.05, 4.69) is 15.3 Å². The molecule has 4 rings (SSSR count). The number of benzene rings is 1. The number of nitrogens with zero attached hydrogens (tertiary/aromatic N) is 2. The first-order chi connectivity index (χ1) is 13.8. The zero-order chi connectivity index (χ0) is 20.6. The van der Waals surface area contributed by atoms with Gasteiger partial charge in [0.15, 0.2) is 0 Å². The summed E-state index contributed by atoms with van der Waals surface area (Å²) in [5.41, 5.74) is 0.990. The van der Waals surface area contributed by atoms with E-state index in [9.17, 15) is 22.0 Å². The van der Waals surface area contributed by atoms with Crippen molar-refractivity contribution in [2.75, 3.05) is 5.32 Å². The second-order valence-corrected chi connectivity index (χ2v) is 8.66. The minimum atomic E-state index is -4.14. The van der Waals surface area contributed by atoms with E-state index in [1.165, 1.54) is 12.1 Å². The summed E-state index contributed by atoms with van der Waals surface area (Å²) in [5, 5.41) is 2.65. The Balaban J connectivity index is 1.46. The number of carbonyl (C=O) groups is 1. The predicted molar refractivity (Wildman–Crippen MR) is 99.8 cm³/mol. The molecule has 2 aromatic heterocycles. The molecule has 1 saturated carbocycles. The first-order valence-electron chi connectivity index (χ1n) is 8.72. The summed E-state index contributed by atoms with van der Waals surface area (Å²) in [5.74, 6) is -2.10. The van der Waals surface area contributed by atoms with Crippen LogP contribution in [0.15, 0.2) is 70.8 Å². The average Bonchev–Trinajstić information content (AvgIpc) is 3.49. The molecule has 2 atom stereocenters. The van der Waals surface area contributed by atoms with Gasteiger partial charge in [-0.05, 0) is 48.2 Å². The van der Waals surface area contributed by atoms with Gasteiger partial charge in [0, 0.05) is 30.6 Å². The standard InChI is InChI=1S/C20H15F2N3O3S/c21-13-6-14(22)8-16(7-13)29(27,28)15-3-4-19(24-11-15)25-20(26)18-9-17(18)12-2-1-5-23-10-12/h1-8,10-11,17-18H,9H2,(H,24,25,26). The molecule has 3 aromatic rings. The van der Waals surface area contributed by atoms with Gasteiger partial charge in [0.05, 0.1) is 9.79 Å². The molecule has 0 saturated heterocycles. The molecule has 1 amide bonds. The molecule has 6 nitrogen and oxygen atoms in total. The van der Waals surface area contributed by atoms with E-state index >= 15 is 0 Å². The summed E-state index contributed by atoms with van der Waals surface area (Å²) in [6.07, 6.45) is 5.14. The van der Waals surface area contributed by atoms with Crippen LogP contribution in [0.25, 0.3) is 0 Å². The number of anilines is 1. The molecule has 2 heterocycles. The topological polar surface area (TPSA) is 89.0 Å². The number of rotatable bonds is 5. The highest BCUT2D eigenvalue weighted by atomic mass is 32.2. The van der Waals surface area contributed by atoms with Crippen molar-refractivity contribution >= 4 is 21.6 Å². The summed E-state index contributed by atoms with van der Waals surface area (Å²) in [6, 6.07) is 8.35. The number of aromatic nitrogens is 2. The van der Waals surface area contributed by atoms with Gasteiger partial charge in [-0.2, -0.15) is 0 Å². The maximum absolute atomic E-state index is 13.3. The van der Waals surface area contributed by atoms with Crippen LogP contribution in [-0.4, -0.2) is 24.3 Å². The van der Waals surface area contributed by atoms with Crippen LogP contribution in [0.4, 0.5) is 14.6 Å². The van der Waals surface area contributed by atoms with Gasteiger partial charge in [-0.3, -0.25) is 9.78 Å². The third-order valence-corrected chi connectivity index (χ3v) is 6.40. The lowest BCUT2D eigenvalue weighted by Gasteiger charge is -2.07. The molecule has 0 bridgehead atoms. The van der Waals surface area contributed by atoms with Crippen molar-refractivity contribution < 1.29 is 22.0 Å². The van der Waals surface area contributed by atoms with Gasteiger partial charge in [0.25, 0.3) is 0 Å². The maximum atomic E-state index is 13.3. The van der Waals surface area contributed by atoms with Gasteiger partial charge in [-0.15, -0.1) is 0 Å². The molecule has 0 radical (unpaired) electrons. The van der Waals surface area contributed by atoms with Crippen molar-refractivity contribution in [2.45, 2.75) is 22.1 Å². The lowest BCUT2D eigenvalue weighted by molar-refractivity contribution is -0.117. The van der Waals surface area contributed by atoms with Crippen molar-refractivity contribution in [2.24, 2.45) is 5.92 Å². The van der Waals surface area contributed by atoms with E-state index in [-0.39, 0.29) is 28.5 Å². The van der Waals surface area contributed by atoms with Crippen LogP contribution in [0.1, 0.15) is 17.9 Å². The van der Waals surface area contributed by atoms with Crippen molar-refractivity contribution in [1.29, 1.82) is 0 Å². The minimum absolute atomic E-state index is 0.103. The summed E-state index contributed by atoms with van der Waals surface area (Å²) < 4.78 is 51.7. The normalized spacial score (nSPS) is 18.3. The zero-order valence-corrected chi connectivity index (χ0v) is 15.7. The van der Waals surface area contributed by atoms with Crippen LogP contribution < -0.4 is 5.32 Å². The summed E-state index contributed by atoms with van der Waals surface area (Å²) in [4.78, 5) is 19.6. The number of hydrogen-bond acceptors (Lipinski definition) is 5. The molecule has 9 heteroatoms. The van der Waals surface area contributed by atoms with Crippen molar-refractivity contribution in [3.8, 4) is 0 Å². The Labute approximate surface area is 165 Å². The molecular formula is C20H15F2N3O3S. The van der Waals surface area contributed by atoms with E-state index < -0.39 is 26.4 Å². The fourth-order valence-corrected chi connectivity index (χ4v) is 4.35. The zero-order valence-electron chi connectivity index (χ0n) is 14.9. The predicted octanol–water partition coefficient (Wildman–Crippen LogP) is 3.33. The highest BCUT2D eigenvalue weighted by molar-refractivity contribution is 7.91. The molecule has 1 aliphatic rings. The van der Waals surface area contributed by atoms with Gasteiger partial charge in [-0.25, -0.2) is 22.2 Å². The fourth-order valence-electron chi connectivity index (χ4n) is 3.10. The Morgan fingerprint density at radius 3 is 2.41 bits per heavy atom. The number of carbonyl (C=O) groups excluding carboxylic acids is 1. The Morgan fingerprint density at radius 1 is 1.03 bits per heavy atom. The van der Waals surface area contributed by atoms with Gasteiger partial charge in [0.1, 0.15) is 17.5 Å². The van der Waals surface area contributed by atoms with Crippen molar-refractivity contribution in [1.82, 2.24) is 9.97 Å². The minimum Gasteiger partial charge on any atom is -0.310 e. The Bertz CT molecular complexity index is 1150. The molecule has 2 unspecified atom stereocenters. The molecule has 148 valence electrons. The SMILES string of the molecule is O=C(Nc1ccc(S(=O)(=O)c2cc(F)cc(F)c2)cn1)C1CC1c1cccnc1. The van der Waals surface area contributed by atoms with Crippen molar-refractivity contribution in [3.63, 3.8) is 0 Å². The number of pyridine rings is 2. The van der Waals surface area contributed by atoms with Crippen LogP contribution in [-0.2, 0) is 14.6 Å². The van der Waals surface area contributed by atoms with E-state index in [0.29, 0.717) is 12.5 Å². The smallest absolute Gasteiger partial charge is 0.229 e. The number of amides is 1. The molecule has 0 spiro atoms. The average molecular weight is 415 g/mol. The Morgan fingerprint density at radius 2 is 1.79 bits per heavy atom. The van der Waals surface area contributed by atoms with E-state index in [4.69, 9.17) is 0 Å². The van der Waals surface area contributed by atoms with Crippen molar-refractivity contribution in [3.05, 3.63) is 78.3 Å². The van der Waals surface area contributed by atoms with Crippen LogP contribution in [0.3, 0.4) is 0 Å². The summed E-state index contributed by atoms with van der Waals surface area (Å²) >= 11 is 0. The third kappa shape index (κ3) is 4.00. The first-order valence-corrected chi connectivity index (χ1v) is 10.2. The molecule has 29 heavy (non-hydrogen) atoms. The molecule has 1 N–H and O–H groups in total. The van der Waals surface area contributed by atoms with Gasteiger partial charge >= 0.3 is 0 Å². The highest BCUT2D eigenvalue weighted by Crippen LogP contribution is 2.47. The molecule has 0 aliphatic heterocycles. The molecular weight excluding hydrogens is 400 g/mol. The second-order valence-electron chi connectivity index (χ2n) is 6.71. The van der Waals surface area contributed by atoms with Crippen LogP contribution in [0.5, 0.6) is 0 Å². The number of hydrogen-bond donors (Lipinski definition) is 1. The third-order valence-electron chi connectivity index (χ3n) is 4.68. The van der Waals surface area contributed by atoms with Crippen LogP contribution >= 0.6 is 0 Å². The Hall–Kier alpha value is -3.20. The lowest BCUT2D eigenvalue weighted by atomic mass is 10.1. The van der Waals surface area contributed by atoms with E-state index in [0.717, 1.165) is 23.9 Å². The Kier molecular flexibility index (Phi) is 4.83. The molecule has 1 fully saturated rings. The van der Waals surface area contributed by atoms with Crippen LogP contribution in [0, 0.1) is 17.6 Å². The number of halogens is 2. The highest BCUT2D eigenvalue weighted by Gasteiger charge is 2.44. The van der Waals surface area contributed by atoms with Gasteiger partial charge in [0.2, 0.25) is 15.7 Å². The van der Waals surface area contributed by atoms with Gasteiger partial charge < -0.3 is 5.32 Å².